The average Bonchev–Trinajstić information content (AvgIpc) is 3.19. The molecule has 3 rings (SSSR count). The molecule has 0 unspecified atom stereocenters. The number of nitrogens with zero attached hydrogens (tertiary/aromatic N) is 3. The highest BCUT2D eigenvalue weighted by atomic mass is 32.1. The monoisotopic (exact) mass is 476 g/mol. The molecule has 5 nitrogen and oxygen atoms in total. The lowest BCUT2D eigenvalue weighted by atomic mass is 10.0. The predicted molar refractivity (Wildman–Crippen MR) is 106 cm³/mol. The van der Waals surface area contributed by atoms with Crippen LogP contribution in [0.25, 0.3) is 0 Å². The molecule has 2 heterocycles. The van der Waals surface area contributed by atoms with Gasteiger partial charge in [0.15, 0.2) is 5.13 Å². The van der Waals surface area contributed by atoms with E-state index in [1.54, 1.807) is 18.7 Å². The summed E-state index contributed by atoms with van der Waals surface area (Å²) in [6.45, 7) is 3.61. The Morgan fingerprint density at radius 1 is 1.06 bits per heavy atom. The van der Waals surface area contributed by atoms with E-state index in [1.807, 2.05) is 6.92 Å². The van der Waals surface area contributed by atoms with Gasteiger partial charge in [-0.1, -0.05) is 0 Å². The van der Waals surface area contributed by atoms with Gasteiger partial charge in [-0.2, -0.15) is 31.4 Å². The Labute approximate surface area is 183 Å². The van der Waals surface area contributed by atoms with Crippen molar-refractivity contribution in [1.82, 2.24) is 14.8 Å². The fourth-order valence-electron chi connectivity index (χ4n) is 3.17. The van der Waals surface area contributed by atoms with Crippen molar-refractivity contribution in [1.29, 1.82) is 0 Å². The molecule has 1 aromatic carbocycles. The molecule has 0 aliphatic heterocycles. The fourth-order valence-corrected chi connectivity index (χ4v) is 4.03. The zero-order valence-electron chi connectivity index (χ0n) is 17.1. The summed E-state index contributed by atoms with van der Waals surface area (Å²) in [6, 6.07) is 1.45. The smallest absolute Gasteiger partial charge is 0.302 e. The molecular formula is C20H18F6N4OS. The van der Waals surface area contributed by atoms with Crippen molar-refractivity contribution >= 4 is 22.4 Å². The first-order valence-electron chi connectivity index (χ1n) is 9.26. The molecule has 1 N–H and O–H groups in total. The minimum Gasteiger partial charge on any atom is -0.302 e. The molecule has 172 valence electrons. The highest BCUT2D eigenvalue weighted by molar-refractivity contribution is 7.15. The van der Waals surface area contributed by atoms with Crippen molar-refractivity contribution < 1.29 is 31.1 Å². The SMILES string of the molecule is Cc1nn(C)c(C)c1CC(=O)Nc1ncc(Cc2cc(C(F)(F)F)cc(C(F)(F)F)c2)s1. The first-order chi connectivity index (χ1) is 14.7. The molecule has 32 heavy (non-hydrogen) atoms. The van der Waals surface area contributed by atoms with E-state index in [-0.39, 0.29) is 35.5 Å². The maximum Gasteiger partial charge on any atom is 0.416 e. The molecule has 0 saturated carbocycles. The largest absolute Gasteiger partial charge is 0.416 e. The van der Waals surface area contributed by atoms with Gasteiger partial charge >= 0.3 is 12.4 Å². The van der Waals surface area contributed by atoms with Crippen LogP contribution in [0.5, 0.6) is 0 Å². The summed E-state index contributed by atoms with van der Waals surface area (Å²) < 4.78 is 79.8. The molecule has 0 saturated heterocycles. The topological polar surface area (TPSA) is 59.8 Å². The average molecular weight is 476 g/mol. The molecule has 0 aliphatic carbocycles. The number of nitrogens with one attached hydrogen (secondary N) is 1. The lowest BCUT2D eigenvalue weighted by molar-refractivity contribution is -0.143. The molecule has 12 heteroatoms. The van der Waals surface area contributed by atoms with E-state index < -0.39 is 23.5 Å². The number of benzene rings is 1. The van der Waals surface area contributed by atoms with Gasteiger partial charge in [0, 0.05) is 35.8 Å². The van der Waals surface area contributed by atoms with Crippen LogP contribution in [0.15, 0.2) is 24.4 Å². The highest BCUT2D eigenvalue weighted by Crippen LogP contribution is 2.37. The maximum atomic E-state index is 13.0. The van der Waals surface area contributed by atoms with Crippen LogP contribution in [0.3, 0.4) is 0 Å². The first kappa shape index (κ1) is 23.8. The fraction of sp³-hybridized carbons (Fsp3) is 0.350. The normalized spacial score (nSPS) is 12.3. The van der Waals surface area contributed by atoms with Crippen LogP contribution in [0.4, 0.5) is 31.5 Å². The minimum atomic E-state index is -4.91. The number of carbonyl (C=O) groups is 1. The third-order valence-corrected chi connectivity index (χ3v) is 5.73. The zero-order valence-corrected chi connectivity index (χ0v) is 18.0. The molecule has 0 atom stereocenters. The van der Waals surface area contributed by atoms with Crippen molar-refractivity contribution in [3.05, 3.63) is 62.9 Å². The van der Waals surface area contributed by atoms with Crippen molar-refractivity contribution in [3.8, 4) is 0 Å². The van der Waals surface area contributed by atoms with Gasteiger partial charge < -0.3 is 5.32 Å². The quantitative estimate of drug-likeness (QED) is 0.509. The van der Waals surface area contributed by atoms with Crippen LogP contribution in [0.2, 0.25) is 0 Å². The highest BCUT2D eigenvalue weighted by Gasteiger charge is 2.36. The van der Waals surface area contributed by atoms with Gasteiger partial charge in [-0.25, -0.2) is 4.98 Å². The third kappa shape index (κ3) is 5.47. The van der Waals surface area contributed by atoms with E-state index >= 15 is 0 Å². The van der Waals surface area contributed by atoms with Gasteiger partial charge in [0.05, 0.1) is 23.2 Å². The predicted octanol–water partition coefficient (Wildman–Crippen LogP) is 5.30. The van der Waals surface area contributed by atoms with Gasteiger partial charge in [-0.05, 0) is 37.6 Å². The van der Waals surface area contributed by atoms with Gasteiger partial charge in [0.25, 0.3) is 0 Å². The number of carbonyl (C=O) groups excluding carboxylic acids is 1. The molecule has 0 spiro atoms. The van der Waals surface area contributed by atoms with Gasteiger partial charge in [0.2, 0.25) is 5.91 Å². The van der Waals surface area contributed by atoms with Crippen LogP contribution in [0, 0.1) is 13.8 Å². The Morgan fingerprint density at radius 2 is 1.66 bits per heavy atom. The standard InChI is InChI=1S/C20H18F6N4OS/c1-10-16(11(2)30(3)29-10)8-17(31)28-18-27-9-15(32-18)6-12-4-13(19(21,22)23)7-14(5-12)20(24,25)26/h4-5,7,9H,6,8H2,1-3H3,(H,27,28,31). The number of hydrogen-bond acceptors (Lipinski definition) is 4. The molecule has 0 radical (unpaired) electrons. The molecule has 1 amide bonds. The summed E-state index contributed by atoms with van der Waals surface area (Å²) in [7, 11) is 1.76. The zero-order chi connectivity index (χ0) is 23.8. The van der Waals surface area contributed by atoms with Gasteiger partial charge in [-0.15, -0.1) is 11.3 Å². The molecule has 2 aromatic heterocycles. The lowest BCUT2D eigenvalue weighted by Crippen LogP contribution is -2.15. The van der Waals surface area contributed by atoms with Gasteiger partial charge in [-0.3, -0.25) is 9.48 Å². The molecular weight excluding hydrogens is 458 g/mol. The Bertz CT molecular complexity index is 1110. The number of amides is 1. The maximum absolute atomic E-state index is 13.0. The summed E-state index contributed by atoms with van der Waals surface area (Å²) in [5.74, 6) is -0.358. The van der Waals surface area contributed by atoms with Crippen LogP contribution in [0.1, 0.15) is 38.5 Å². The number of rotatable bonds is 5. The second-order valence-corrected chi connectivity index (χ2v) is 8.34. The summed E-state index contributed by atoms with van der Waals surface area (Å²) in [6.07, 6.45) is -8.64. The summed E-state index contributed by atoms with van der Waals surface area (Å²) in [5, 5.41) is 7.04. The molecule has 0 aliphatic rings. The molecule has 0 fully saturated rings. The van der Waals surface area contributed by atoms with E-state index in [9.17, 15) is 31.1 Å². The Balaban J connectivity index is 1.75. The summed E-state index contributed by atoms with van der Waals surface area (Å²) in [5.41, 5.74) is -0.585. The lowest BCUT2D eigenvalue weighted by Gasteiger charge is -2.13. The van der Waals surface area contributed by atoms with Crippen molar-refractivity contribution in [3.63, 3.8) is 0 Å². The second-order valence-electron chi connectivity index (χ2n) is 7.22. The van der Waals surface area contributed by atoms with Crippen molar-refractivity contribution in [2.75, 3.05) is 5.32 Å². The van der Waals surface area contributed by atoms with Gasteiger partial charge in [0.1, 0.15) is 0 Å². The van der Waals surface area contributed by atoms with Crippen molar-refractivity contribution in [2.45, 2.75) is 39.0 Å². The first-order valence-corrected chi connectivity index (χ1v) is 10.1. The second kappa shape index (κ2) is 8.57. The number of halogens is 6. The van der Waals surface area contributed by atoms with E-state index in [4.69, 9.17) is 0 Å². The number of aromatic nitrogens is 3. The van der Waals surface area contributed by atoms with E-state index in [2.05, 4.69) is 15.4 Å². The molecule has 0 bridgehead atoms. The van der Waals surface area contributed by atoms with E-state index in [1.165, 1.54) is 6.20 Å². The summed E-state index contributed by atoms with van der Waals surface area (Å²) >= 11 is 0.981. The van der Waals surface area contributed by atoms with Crippen LogP contribution >= 0.6 is 11.3 Å². The Hall–Kier alpha value is -2.89. The number of alkyl halides is 6. The van der Waals surface area contributed by atoms with Crippen LogP contribution < -0.4 is 5.32 Å². The number of hydrogen-bond donors (Lipinski definition) is 1. The Morgan fingerprint density at radius 3 is 2.16 bits per heavy atom. The van der Waals surface area contributed by atoms with Crippen LogP contribution in [-0.2, 0) is 37.0 Å². The van der Waals surface area contributed by atoms with E-state index in [0.29, 0.717) is 22.7 Å². The number of anilines is 1. The minimum absolute atomic E-state index is 0.0585. The van der Waals surface area contributed by atoms with Crippen LogP contribution in [-0.4, -0.2) is 20.7 Å². The summed E-state index contributed by atoms with van der Waals surface area (Å²) in [4.78, 5) is 16.8. The number of thiazole rings is 1. The molecule has 3 aromatic rings. The Kier molecular flexibility index (Phi) is 6.36. The third-order valence-electron chi connectivity index (χ3n) is 4.82. The number of aryl methyl sites for hydroxylation is 2. The van der Waals surface area contributed by atoms with E-state index in [0.717, 1.165) is 22.6 Å². The van der Waals surface area contributed by atoms with Crippen molar-refractivity contribution in [2.24, 2.45) is 7.05 Å².